The first kappa shape index (κ1) is 8.74. The molecule has 14 heavy (non-hydrogen) atoms. The first-order valence-electron chi connectivity index (χ1n) is 4.35. The van der Waals surface area contributed by atoms with Crippen LogP contribution in [0, 0.1) is 0 Å². The van der Waals surface area contributed by atoms with E-state index in [2.05, 4.69) is 4.98 Å². The number of rotatable bonds is 2. The second kappa shape index (κ2) is 3.14. The molecule has 0 aliphatic heterocycles. The van der Waals surface area contributed by atoms with Crippen LogP contribution in [-0.4, -0.2) is 11.3 Å². The Bertz CT molecular complexity index is 536. The molecule has 1 N–H and O–H groups in total. The first-order valence-corrected chi connectivity index (χ1v) is 4.35. The highest BCUT2D eigenvalue weighted by atomic mass is 16.3. The molecule has 0 saturated heterocycles. The Balaban J connectivity index is 2.76. The summed E-state index contributed by atoms with van der Waals surface area (Å²) in [4.78, 5) is 24.5. The Kier molecular flexibility index (Phi) is 1.96. The number of pyridine rings is 1. The van der Waals surface area contributed by atoms with Gasteiger partial charge < -0.3 is 9.40 Å². The van der Waals surface area contributed by atoms with Crippen molar-refractivity contribution in [2.24, 2.45) is 0 Å². The van der Waals surface area contributed by atoms with Crippen LogP contribution in [0.1, 0.15) is 23.0 Å². The molecule has 0 radical (unpaired) electrons. The lowest BCUT2D eigenvalue weighted by molar-refractivity contribution is 0.110. The van der Waals surface area contributed by atoms with Crippen molar-refractivity contribution >= 4 is 17.4 Å². The Labute approximate surface area is 79.5 Å². The van der Waals surface area contributed by atoms with E-state index in [1.807, 2.05) is 6.92 Å². The van der Waals surface area contributed by atoms with Gasteiger partial charge in [0.15, 0.2) is 17.6 Å². The van der Waals surface area contributed by atoms with Crippen molar-refractivity contribution in [3.05, 3.63) is 33.8 Å². The van der Waals surface area contributed by atoms with E-state index in [1.54, 1.807) is 6.07 Å². The van der Waals surface area contributed by atoms with Crippen molar-refractivity contribution < 1.29 is 9.21 Å². The highest BCUT2D eigenvalue weighted by Crippen LogP contribution is 2.15. The molecule has 2 aromatic rings. The molecule has 0 unspecified atom stereocenters. The van der Waals surface area contributed by atoms with Gasteiger partial charge in [-0.2, -0.15) is 0 Å². The maximum atomic E-state index is 11.4. The van der Waals surface area contributed by atoms with Crippen molar-refractivity contribution in [3.63, 3.8) is 0 Å². The zero-order chi connectivity index (χ0) is 10.1. The highest BCUT2D eigenvalue weighted by Gasteiger charge is 2.06. The van der Waals surface area contributed by atoms with Crippen molar-refractivity contribution in [1.29, 1.82) is 0 Å². The molecule has 0 aromatic carbocycles. The normalized spacial score (nSPS) is 10.6. The van der Waals surface area contributed by atoms with Crippen LogP contribution in [-0.2, 0) is 6.42 Å². The lowest BCUT2D eigenvalue weighted by Crippen LogP contribution is -2.10. The molecule has 0 bridgehead atoms. The minimum atomic E-state index is -0.127. The standard InChI is InChI=1S/C10H9NO3/c1-2-6-3-9-8(11-10(6)13)4-7(5-12)14-9/h3-5H,2H2,1H3,(H,11,13). The smallest absolute Gasteiger partial charge is 0.251 e. The third kappa shape index (κ3) is 1.25. The molecule has 2 heterocycles. The van der Waals surface area contributed by atoms with E-state index in [-0.39, 0.29) is 11.3 Å². The Morgan fingerprint density at radius 3 is 2.93 bits per heavy atom. The summed E-state index contributed by atoms with van der Waals surface area (Å²) in [5, 5.41) is 0. The van der Waals surface area contributed by atoms with Gasteiger partial charge in [-0.1, -0.05) is 6.92 Å². The van der Waals surface area contributed by atoms with Gasteiger partial charge in [0.05, 0.1) is 5.52 Å². The van der Waals surface area contributed by atoms with E-state index in [0.717, 1.165) is 0 Å². The number of aromatic amines is 1. The van der Waals surface area contributed by atoms with Crippen LogP contribution in [0.4, 0.5) is 0 Å². The minimum absolute atomic E-state index is 0.127. The number of aryl methyl sites for hydroxylation is 1. The summed E-state index contributed by atoms with van der Waals surface area (Å²) in [5.41, 5.74) is 1.64. The van der Waals surface area contributed by atoms with Crippen LogP contribution >= 0.6 is 0 Å². The largest absolute Gasteiger partial charge is 0.452 e. The van der Waals surface area contributed by atoms with Crippen molar-refractivity contribution in [1.82, 2.24) is 4.98 Å². The summed E-state index contributed by atoms with van der Waals surface area (Å²) in [5.74, 6) is 0.226. The molecule has 0 atom stereocenters. The van der Waals surface area contributed by atoms with Gasteiger partial charge in [0.25, 0.3) is 5.56 Å². The van der Waals surface area contributed by atoms with Crippen molar-refractivity contribution in [2.45, 2.75) is 13.3 Å². The lowest BCUT2D eigenvalue weighted by Gasteiger charge is -1.93. The van der Waals surface area contributed by atoms with Gasteiger partial charge in [-0.3, -0.25) is 9.59 Å². The van der Waals surface area contributed by atoms with Gasteiger partial charge >= 0.3 is 0 Å². The molecule has 0 aliphatic carbocycles. The quantitative estimate of drug-likeness (QED) is 0.731. The first-order chi connectivity index (χ1) is 6.74. The molecule has 2 aromatic heterocycles. The summed E-state index contributed by atoms with van der Waals surface area (Å²) in [7, 11) is 0. The van der Waals surface area contributed by atoms with Crippen LogP contribution in [0.2, 0.25) is 0 Å². The van der Waals surface area contributed by atoms with E-state index in [9.17, 15) is 9.59 Å². The van der Waals surface area contributed by atoms with Gasteiger partial charge in [-0.05, 0) is 12.5 Å². The fraction of sp³-hybridized carbons (Fsp3) is 0.200. The minimum Gasteiger partial charge on any atom is -0.452 e. The maximum absolute atomic E-state index is 11.4. The summed E-state index contributed by atoms with van der Waals surface area (Å²) in [6.07, 6.45) is 1.26. The van der Waals surface area contributed by atoms with E-state index >= 15 is 0 Å². The molecule has 0 spiro atoms. The van der Waals surface area contributed by atoms with Gasteiger partial charge in [0, 0.05) is 11.6 Å². The molecule has 0 aliphatic rings. The fourth-order valence-corrected chi connectivity index (χ4v) is 1.38. The number of nitrogens with one attached hydrogen (secondary N) is 1. The van der Waals surface area contributed by atoms with Gasteiger partial charge in [0.1, 0.15) is 0 Å². The SMILES string of the molecule is CCc1cc2oc(C=O)cc2[nH]c1=O. The fourth-order valence-electron chi connectivity index (χ4n) is 1.38. The van der Waals surface area contributed by atoms with Gasteiger partial charge in [-0.25, -0.2) is 0 Å². The van der Waals surface area contributed by atoms with E-state index in [4.69, 9.17) is 4.42 Å². The average Bonchev–Trinajstić information content (AvgIpc) is 2.58. The maximum Gasteiger partial charge on any atom is 0.251 e. The summed E-state index contributed by atoms with van der Waals surface area (Å²) in [6, 6.07) is 3.18. The number of carbonyl (C=O) groups excluding carboxylic acids is 1. The number of fused-ring (bicyclic) bond motifs is 1. The van der Waals surface area contributed by atoms with Gasteiger partial charge in [-0.15, -0.1) is 0 Å². The summed E-state index contributed by atoms with van der Waals surface area (Å²) in [6.45, 7) is 1.89. The molecule has 4 heteroatoms. The number of furan rings is 1. The number of H-pyrrole nitrogens is 1. The molecule has 0 fully saturated rings. The Morgan fingerprint density at radius 2 is 2.29 bits per heavy atom. The second-order valence-electron chi connectivity index (χ2n) is 3.02. The van der Waals surface area contributed by atoms with Crippen LogP contribution in [0.15, 0.2) is 21.3 Å². The lowest BCUT2D eigenvalue weighted by atomic mass is 10.2. The van der Waals surface area contributed by atoms with Crippen LogP contribution in [0.5, 0.6) is 0 Å². The molecule has 2 rings (SSSR count). The molecule has 0 amide bonds. The third-order valence-electron chi connectivity index (χ3n) is 2.12. The molecule has 0 saturated carbocycles. The number of hydrogen-bond acceptors (Lipinski definition) is 3. The van der Waals surface area contributed by atoms with E-state index < -0.39 is 0 Å². The second-order valence-corrected chi connectivity index (χ2v) is 3.02. The monoisotopic (exact) mass is 191 g/mol. The Morgan fingerprint density at radius 1 is 1.50 bits per heavy atom. The van der Waals surface area contributed by atoms with Crippen LogP contribution in [0.25, 0.3) is 11.1 Å². The number of aldehydes is 1. The zero-order valence-electron chi connectivity index (χ0n) is 7.66. The highest BCUT2D eigenvalue weighted by molar-refractivity contribution is 5.82. The predicted molar refractivity (Wildman–Crippen MR) is 51.6 cm³/mol. The van der Waals surface area contributed by atoms with Crippen LogP contribution < -0.4 is 5.56 Å². The number of hydrogen-bond donors (Lipinski definition) is 1. The Hall–Kier alpha value is -1.84. The summed E-state index contributed by atoms with van der Waals surface area (Å²) >= 11 is 0. The molecule has 4 nitrogen and oxygen atoms in total. The number of aromatic nitrogens is 1. The molecular formula is C10H9NO3. The van der Waals surface area contributed by atoms with E-state index in [1.165, 1.54) is 6.07 Å². The van der Waals surface area contributed by atoms with Crippen LogP contribution in [0.3, 0.4) is 0 Å². The third-order valence-corrected chi connectivity index (χ3v) is 2.12. The molecular weight excluding hydrogens is 182 g/mol. The molecule has 72 valence electrons. The number of carbonyl (C=O) groups is 1. The predicted octanol–water partition coefficient (Wildman–Crippen LogP) is 1.50. The topological polar surface area (TPSA) is 63.1 Å². The van der Waals surface area contributed by atoms with Gasteiger partial charge in [0.2, 0.25) is 0 Å². The van der Waals surface area contributed by atoms with Crippen molar-refractivity contribution in [3.8, 4) is 0 Å². The zero-order valence-corrected chi connectivity index (χ0v) is 7.66. The van der Waals surface area contributed by atoms with Crippen molar-refractivity contribution in [2.75, 3.05) is 0 Å². The average molecular weight is 191 g/mol. The summed E-state index contributed by atoms with van der Waals surface area (Å²) < 4.78 is 5.18. The van der Waals surface area contributed by atoms with E-state index in [0.29, 0.717) is 29.4 Å².